The van der Waals surface area contributed by atoms with E-state index < -0.39 is 0 Å². The summed E-state index contributed by atoms with van der Waals surface area (Å²) < 4.78 is 6.08. The number of fused-ring (bicyclic) bond motifs is 1. The van der Waals surface area contributed by atoms with Gasteiger partial charge < -0.3 is 9.64 Å². The SMILES string of the molecule is CC1(C)Cc2nc(-c3ccccc3)nc(SCC[NH+]3CCCCC3)c2CO1. The molecular formula is C22H30N3OS+. The van der Waals surface area contributed by atoms with Crippen LogP contribution in [0, 0.1) is 0 Å². The molecule has 4 nitrogen and oxygen atoms in total. The third kappa shape index (κ3) is 4.71. The van der Waals surface area contributed by atoms with Gasteiger partial charge in [-0.15, -0.1) is 11.8 Å². The lowest BCUT2D eigenvalue weighted by atomic mass is 9.96. The molecule has 0 bridgehead atoms. The molecule has 0 aliphatic carbocycles. The van der Waals surface area contributed by atoms with Crippen molar-refractivity contribution in [1.82, 2.24) is 9.97 Å². The Morgan fingerprint density at radius 2 is 1.85 bits per heavy atom. The fraction of sp³-hybridized carbons (Fsp3) is 0.545. The van der Waals surface area contributed by atoms with Gasteiger partial charge in [0.2, 0.25) is 0 Å². The van der Waals surface area contributed by atoms with E-state index in [1.807, 2.05) is 17.8 Å². The summed E-state index contributed by atoms with van der Waals surface area (Å²) in [6, 6.07) is 10.3. The van der Waals surface area contributed by atoms with Crippen LogP contribution in [0.4, 0.5) is 0 Å². The van der Waals surface area contributed by atoms with Crippen LogP contribution in [0.5, 0.6) is 0 Å². The van der Waals surface area contributed by atoms with Gasteiger partial charge in [-0.05, 0) is 33.1 Å². The quantitative estimate of drug-likeness (QED) is 0.635. The van der Waals surface area contributed by atoms with E-state index in [0.29, 0.717) is 6.61 Å². The molecule has 0 spiro atoms. The molecule has 0 unspecified atom stereocenters. The van der Waals surface area contributed by atoms with Crippen LogP contribution < -0.4 is 4.90 Å². The number of thioether (sulfide) groups is 1. The molecular weight excluding hydrogens is 354 g/mol. The Bertz CT molecular complexity index is 773. The van der Waals surface area contributed by atoms with Gasteiger partial charge in [0, 0.05) is 23.3 Å². The molecule has 0 amide bonds. The second kappa shape index (κ2) is 8.29. The van der Waals surface area contributed by atoms with Gasteiger partial charge in [-0.1, -0.05) is 30.3 Å². The van der Waals surface area contributed by atoms with Crippen molar-refractivity contribution in [2.75, 3.05) is 25.4 Å². The highest BCUT2D eigenvalue weighted by molar-refractivity contribution is 7.99. The number of quaternary nitrogens is 1. The first kappa shape index (κ1) is 18.9. The third-order valence-electron chi connectivity index (χ3n) is 5.54. The van der Waals surface area contributed by atoms with E-state index in [4.69, 9.17) is 14.7 Å². The minimum absolute atomic E-state index is 0.158. The van der Waals surface area contributed by atoms with Crippen LogP contribution in [-0.2, 0) is 17.8 Å². The number of hydrogen-bond acceptors (Lipinski definition) is 4. The molecule has 1 aromatic carbocycles. The van der Waals surface area contributed by atoms with Crippen LogP contribution in [0.25, 0.3) is 11.4 Å². The molecule has 4 rings (SSSR count). The van der Waals surface area contributed by atoms with Gasteiger partial charge in [-0.2, -0.15) is 0 Å². The summed E-state index contributed by atoms with van der Waals surface area (Å²) in [5, 5.41) is 1.12. The van der Waals surface area contributed by atoms with Crippen molar-refractivity contribution in [2.45, 2.75) is 56.8 Å². The van der Waals surface area contributed by atoms with Crippen molar-refractivity contribution in [3.05, 3.63) is 41.6 Å². The summed E-state index contributed by atoms with van der Waals surface area (Å²) in [6.45, 7) is 8.79. The molecule has 2 aliphatic heterocycles. The Kier molecular flexibility index (Phi) is 5.81. The molecule has 27 heavy (non-hydrogen) atoms. The van der Waals surface area contributed by atoms with Crippen LogP contribution in [0.15, 0.2) is 35.4 Å². The van der Waals surface area contributed by atoms with Gasteiger partial charge in [0.25, 0.3) is 0 Å². The first-order valence-corrected chi connectivity index (χ1v) is 11.1. The molecule has 0 atom stereocenters. The average molecular weight is 385 g/mol. The first-order valence-electron chi connectivity index (χ1n) is 10.2. The molecule has 1 aromatic heterocycles. The van der Waals surface area contributed by atoms with Crippen molar-refractivity contribution < 1.29 is 9.64 Å². The molecule has 0 saturated carbocycles. The molecule has 1 fully saturated rings. The summed E-state index contributed by atoms with van der Waals surface area (Å²) in [5.74, 6) is 1.95. The maximum Gasteiger partial charge on any atom is 0.160 e. The summed E-state index contributed by atoms with van der Waals surface area (Å²) in [4.78, 5) is 11.6. The highest BCUT2D eigenvalue weighted by atomic mass is 32.2. The monoisotopic (exact) mass is 384 g/mol. The Hall–Kier alpha value is -1.43. The van der Waals surface area contributed by atoms with Crippen LogP contribution in [0.1, 0.15) is 44.4 Å². The number of hydrogen-bond donors (Lipinski definition) is 1. The first-order chi connectivity index (χ1) is 13.1. The fourth-order valence-electron chi connectivity index (χ4n) is 3.95. The predicted octanol–water partition coefficient (Wildman–Crippen LogP) is 3.16. The van der Waals surface area contributed by atoms with Crippen LogP contribution in [-0.4, -0.2) is 41.0 Å². The van der Waals surface area contributed by atoms with Crippen molar-refractivity contribution in [2.24, 2.45) is 0 Å². The van der Waals surface area contributed by atoms with Gasteiger partial charge in [-0.25, -0.2) is 9.97 Å². The maximum absolute atomic E-state index is 6.08. The molecule has 144 valence electrons. The molecule has 2 aromatic rings. The maximum atomic E-state index is 6.08. The molecule has 0 radical (unpaired) electrons. The number of ether oxygens (including phenoxy) is 1. The van der Waals surface area contributed by atoms with Gasteiger partial charge in [-0.3, -0.25) is 0 Å². The van der Waals surface area contributed by atoms with Crippen LogP contribution in [0.2, 0.25) is 0 Å². The average Bonchev–Trinajstić information content (AvgIpc) is 2.68. The number of nitrogens with zero attached hydrogens (tertiary/aromatic N) is 2. The van der Waals surface area contributed by atoms with E-state index in [9.17, 15) is 0 Å². The van der Waals surface area contributed by atoms with Crippen LogP contribution in [0.3, 0.4) is 0 Å². The lowest BCUT2D eigenvalue weighted by Crippen LogP contribution is -3.13. The number of nitrogens with one attached hydrogen (secondary N) is 1. The van der Waals surface area contributed by atoms with E-state index in [1.165, 1.54) is 44.5 Å². The summed E-state index contributed by atoms with van der Waals surface area (Å²) in [5.41, 5.74) is 3.29. The highest BCUT2D eigenvalue weighted by Crippen LogP contribution is 2.33. The molecule has 3 heterocycles. The molecule has 1 saturated heterocycles. The summed E-state index contributed by atoms with van der Waals surface area (Å²) in [6.07, 6.45) is 5.01. The smallest absolute Gasteiger partial charge is 0.160 e. The molecule has 1 N–H and O–H groups in total. The number of benzene rings is 1. The topological polar surface area (TPSA) is 39.5 Å². The zero-order valence-electron chi connectivity index (χ0n) is 16.5. The number of rotatable bonds is 5. The Morgan fingerprint density at radius 3 is 2.63 bits per heavy atom. The van der Waals surface area contributed by atoms with E-state index in [2.05, 4.69) is 38.1 Å². The second-order valence-corrected chi connectivity index (χ2v) is 9.36. The molecule has 2 aliphatic rings. The van der Waals surface area contributed by atoms with Crippen molar-refractivity contribution in [3.8, 4) is 11.4 Å². The van der Waals surface area contributed by atoms with E-state index in [0.717, 1.165) is 34.3 Å². The van der Waals surface area contributed by atoms with E-state index >= 15 is 0 Å². The minimum atomic E-state index is -0.158. The highest BCUT2D eigenvalue weighted by Gasteiger charge is 2.30. The summed E-state index contributed by atoms with van der Waals surface area (Å²) in [7, 11) is 0. The Morgan fingerprint density at radius 1 is 1.07 bits per heavy atom. The largest absolute Gasteiger partial charge is 0.370 e. The van der Waals surface area contributed by atoms with E-state index in [1.54, 1.807) is 4.90 Å². The minimum Gasteiger partial charge on any atom is -0.370 e. The van der Waals surface area contributed by atoms with Crippen molar-refractivity contribution >= 4 is 11.8 Å². The zero-order chi connectivity index (χ0) is 18.7. The lowest BCUT2D eigenvalue weighted by Gasteiger charge is -2.32. The normalized spacial score (nSPS) is 19.6. The third-order valence-corrected chi connectivity index (χ3v) is 6.56. The number of piperidine rings is 1. The number of likely N-dealkylation sites (tertiary alicyclic amines) is 1. The summed E-state index contributed by atoms with van der Waals surface area (Å²) >= 11 is 1.89. The van der Waals surface area contributed by atoms with Gasteiger partial charge in [0.15, 0.2) is 5.82 Å². The Labute approximate surface area is 166 Å². The second-order valence-electron chi connectivity index (χ2n) is 8.28. The lowest BCUT2D eigenvalue weighted by molar-refractivity contribution is -0.902. The number of aromatic nitrogens is 2. The van der Waals surface area contributed by atoms with Gasteiger partial charge in [0.05, 0.1) is 37.5 Å². The zero-order valence-corrected chi connectivity index (χ0v) is 17.3. The predicted molar refractivity (Wildman–Crippen MR) is 110 cm³/mol. The van der Waals surface area contributed by atoms with E-state index in [-0.39, 0.29) is 5.60 Å². The van der Waals surface area contributed by atoms with Crippen molar-refractivity contribution in [3.63, 3.8) is 0 Å². The fourth-order valence-corrected chi connectivity index (χ4v) is 5.04. The molecule has 5 heteroatoms. The van der Waals surface area contributed by atoms with Gasteiger partial charge in [0.1, 0.15) is 5.03 Å². The standard InChI is InChI=1S/C22H29N3OS/c1-22(2)15-19-18(16-26-22)21(27-14-13-25-11-7-4-8-12-25)24-20(23-19)17-9-5-3-6-10-17/h3,5-6,9-10H,4,7-8,11-16H2,1-2H3/p+1. The van der Waals surface area contributed by atoms with Gasteiger partial charge >= 0.3 is 0 Å². The Balaban J connectivity index is 1.57. The van der Waals surface area contributed by atoms with Crippen LogP contribution >= 0.6 is 11.8 Å². The van der Waals surface area contributed by atoms with Crippen molar-refractivity contribution in [1.29, 1.82) is 0 Å².